The van der Waals surface area contributed by atoms with E-state index in [1.807, 2.05) is 4.90 Å². The second-order valence-electron chi connectivity index (χ2n) is 4.16. The van der Waals surface area contributed by atoms with Crippen LogP contribution in [0, 0.1) is 0 Å². The maximum Gasteiger partial charge on any atom is 0.303 e. The molecule has 2 aliphatic rings. The summed E-state index contributed by atoms with van der Waals surface area (Å²) in [6.07, 6.45) is 4.50. The summed E-state index contributed by atoms with van der Waals surface area (Å²) in [6.45, 7) is 0. The van der Waals surface area contributed by atoms with Gasteiger partial charge in [0, 0.05) is 24.9 Å². The molecule has 2 rings (SSSR count). The Labute approximate surface area is 82.9 Å². The van der Waals surface area contributed by atoms with E-state index in [1.165, 1.54) is 0 Å². The Morgan fingerprint density at radius 1 is 1.43 bits per heavy atom. The lowest BCUT2D eigenvalue weighted by Gasteiger charge is -2.23. The number of nitrogens with zero attached hydrogens (tertiary/aromatic N) is 1. The van der Waals surface area contributed by atoms with Gasteiger partial charge in [0.15, 0.2) is 0 Å². The molecule has 0 bridgehead atoms. The van der Waals surface area contributed by atoms with E-state index in [1.54, 1.807) is 0 Å². The zero-order valence-electron chi connectivity index (χ0n) is 8.11. The molecular weight excluding hydrogens is 182 g/mol. The number of hydrogen-bond acceptors (Lipinski definition) is 2. The number of carbonyl (C=O) groups excluding carboxylic acids is 1. The van der Waals surface area contributed by atoms with Crippen LogP contribution in [0.15, 0.2) is 0 Å². The molecule has 4 nitrogen and oxygen atoms in total. The average Bonchev–Trinajstić information content (AvgIpc) is 2.66. The highest BCUT2D eigenvalue weighted by Gasteiger charge is 2.40. The molecule has 1 N–H and O–H groups in total. The lowest BCUT2D eigenvalue weighted by molar-refractivity contribution is -0.138. The van der Waals surface area contributed by atoms with Gasteiger partial charge in [-0.3, -0.25) is 9.59 Å². The van der Waals surface area contributed by atoms with Crippen LogP contribution < -0.4 is 0 Å². The van der Waals surface area contributed by atoms with Crippen molar-refractivity contribution in [2.24, 2.45) is 0 Å². The zero-order valence-corrected chi connectivity index (χ0v) is 8.11. The summed E-state index contributed by atoms with van der Waals surface area (Å²) >= 11 is 0. The number of fused-ring (bicyclic) bond motifs is 1. The summed E-state index contributed by atoms with van der Waals surface area (Å²) in [5, 5.41) is 8.58. The topological polar surface area (TPSA) is 57.6 Å². The van der Waals surface area contributed by atoms with Crippen molar-refractivity contribution < 1.29 is 14.7 Å². The Morgan fingerprint density at radius 2 is 2.21 bits per heavy atom. The molecule has 2 fully saturated rings. The first-order valence-corrected chi connectivity index (χ1v) is 5.21. The fourth-order valence-electron chi connectivity index (χ4n) is 2.64. The summed E-state index contributed by atoms with van der Waals surface area (Å²) in [5.74, 6) is -0.539. The van der Waals surface area contributed by atoms with Gasteiger partial charge in [-0.15, -0.1) is 0 Å². The molecule has 78 valence electrons. The Morgan fingerprint density at radius 3 is 2.93 bits per heavy atom. The van der Waals surface area contributed by atoms with E-state index in [9.17, 15) is 9.59 Å². The minimum atomic E-state index is -0.764. The van der Waals surface area contributed by atoms with E-state index < -0.39 is 5.97 Å². The fraction of sp³-hybridized carbons (Fsp3) is 0.800. The van der Waals surface area contributed by atoms with E-state index in [4.69, 9.17) is 5.11 Å². The molecule has 1 amide bonds. The lowest BCUT2D eigenvalue weighted by Crippen LogP contribution is -2.35. The summed E-state index contributed by atoms with van der Waals surface area (Å²) in [4.78, 5) is 23.8. The first-order chi connectivity index (χ1) is 6.68. The molecule has 2 atom stereocenters. The van der Waals surface area contributed by atoms with Gasteiger partial charge >= 0.3 is 5.97 Å². The van der Waals surface area contributed by atoms with Crippen LogP contribution in [0.5, 0.6) is 0 Å². The molecule has 0 saturated carbocycles. The van der Waals surface area contributed by atoms with E-state index in [2.05, 4.69) is 0 Å². The maximum absolute atomic E-state index is 11.5. The van der Waals surface area contributed by atoms with Crippen molar-refractivity contribution in [3.05, 3.63) is 0 Å². The molecule has 2 aliphatic heterocycles. The monoisotopic (exact) mass is 197 g/mol. The molecule has 0 aromatic heterocycles. The number of hydrogen-bond donors (Lipinski definition) is 1. The first kappa shape index (κ1) is 9.49. The van der Waals surface area contributed by atoms with Crippen molar-refractivity contribution in [3.63, 3.8) is 0 Å². The Hall–Kier alpha value is -1.06. The van der Waals surface area contributed by atoms with Crippen molar-refractivity contribution in [1.29, 1.82) is 0 Å². The van der Waals surface area contributed by atoms with Crippen LogP contribution in [-0.2, 0) is 9.59 Å². The predicted octanol–water partition coefficient (Wildman–Crippen LogP) is 1.00. The Kier molecular flexibility index (Phi) is 2.44. The van der Waals surface area contributed by atoms with Crippen molar-refractivity contribution in [3.8, 4) is 0 Å². The number of rotatable bonds is 3. The molecule has 0 spiro atoms. The van der Waals surface area contributed by atoms with Crippen molar-refractivity contribution in [2.45, 2.75) is 50.6 Å². The van der Waals surface area contributed by atoms with Gasteiger partial charge in [0.25, 0.3) is 0 Å². The predicted molar refractivity (Wildman–Crippen MR) is 49.8 cm³/mol. The van der Waals surface area contributed by atoms with Crippen LogP contribution in [0.1, 0.15) is 38.5 Å². The van der Waals surface area contributed by atoms with Crippen molar-refractivity contribution >= 4 is 11.9 Å². The third kappa shape index (κ3) is 1.61. The first-order valence-electron chi connectivity index (χ1n) is 5.21. The summed E-state index contributed by atoms with van der Waals surface area (Å²) in [6, 6.07) is 0.618. The average molecular weight is 197 g/mol. The van der Waals surface area contributed by atoms with Crippen LogP contribution in [0.25, 0.3) is 0 Å². The Bertz CT molecular complexity index is 264. The highest BCUT2D eigenvalue weighted by Crippen LogP contribution is 2.35. The van der Waals surface area contributed by atoms with Gasteiger partial charge in [-0.05, 0) is 25.7 Å². The molecule has 2 heterocycles. The van der Waals surface area contributed by atoms with Gasteiger partial charge in [-0.2, -0.15) is 0 Å². The van der Waals surface area contributed by atoms with Gasteiger partial charge < -0.3 is 10.0 Å². The van der Waals surface area contributed by atoms with E-state index >= 15 is 0 Å². The van der Waals surface area contributed by atoms with Gasteiger partial charge in [0.05, 0.1) is 0 Å². The number of aliphatic carboxylic acids is 1. The SMILES string of the molecule is O=C(O)CC[C@@H]1CC[C@@H]2CCC(=O)N12. The van der Waals surface area contributed by atoms with Crippen molar-refractivity contribution in [1.82, 2.24) is 4.90 Å². The molecule has 0 aromatic rings. The molecule has 4 heteroatoms. The van der Waals surface area contributed by atoms with E-state index in [0.717, 1.165) is 19.3 Å². The zero-order chi connectivity index (χ0) is 10.1. The van der Waals surface area contributed by atoms with Gasteiger partial charge in [0.2, 0.25) is 5.91 Å². The Balaban J connectivity index is 1.93. The van der Waals surface area contributed by atoms with Gasteiger partial charge in [-0.1, -0.05) is 0 Å². The highest BCUT2D eigenvalue weighted by molar-refractivity contribution is 5.79. The summed E-state index contributed by atoms with van der Waals surface area (Å²) in [5.41, 5.74) is 0. The maximum atomic E-state index is 11.5. The minimum Gasteiger partial charge on any atom is -0.481 e. The van der Waals surface area contributed by atoms with Crippen LogP contribution >= 0.6 is 0 Å². The summed E-state index contributed by atoms with van der Waals surface area (Å²) in [7, 11) is 0. The second-order valence-corrected chi connectivity index (χ2v) is 4.16. The second kappa shape index (κ2) is 3.59. The normalized spacial score (nSPS) is 30.9. The molecule has 0 aliphatic carbocycles. The minimum absolute atomic E-state index is 0.182. The molecule has 14 heavy (non-hydrogen) atoms. The van der Waals surface area contributed by atoms with Crippen LogP contribution in [-0.4, -0.2) is 34.0 Å². The van der Waals surface area contributed by atoms with Crippen LogP contribution in [0.4, 0.5) is 0 Å². The van der Waals surface area contributed by atoms with Gasteiger partial charge in [0.1, 0.15) is 0 Å². The number of amides is 1. The molecule has 0 unspecified atom stereocenters. The third-order valence-electron chi connectivity index (χ3n) is 3.29. The molecule has 0 radical (unpaired) electrons. The smallest absolute Gasteiger partial charge is 0.303 e. The number of carboxylic acid groups (broad SMARTS) is 1. The highest BCUT2D eigenvalue weighted by atomic mass is 16.4. The lowest BCUT2D eigenvalue weighted by atomic mass is 10.1. The van der Waals surface area contributed by atoms with Crippen LogP contribution in [0.3, 0.4) is 0 Å². The van der Waals surface area contributed by atoms with Crippen molar-refractivity contribution in [2.75, 3.05) is 0 Å². The van der Waals surface area contributed by atoms with Crippen LogP contribution in [0.2, 0.25) is 0 Å². The quantitative estimate of drug-likeness (QED) is 0.734. The summed E-state index contributed by atoms with van der Waals surface area (Å²) < 4.78 is 0. The molecule has 0 aromatic carbocycles. The standard InChI is InChI=1S/C10H15NO3/c12-9-5-3-7-1-2-8(11(7)9)4-6-10(13)14/h7-8H,1-6H2,(H,13,14)/t7-,8+/m1/s1. The third-order valence-corrected chi connectivity index (χ3v) is 3.29. The number of carbonyl (C=O) groups is 2. The number of carboxylic acids is 1. The van der Waals surface area contributed by atoms with E-state index in [-0.39, 0.29) is 18.4 Å². The van der Waals surface area contributed by atoms with E-state index in [0.29, 0.717) is 18.9 Å². The molecule has 2 saturated heterocycles. The largest absolute Gasteiger partial charge is 0.481 e. The molecular formula is C10H15NO3. The van der Waals surface area contributed by atoms with Gasteiger partial charge in [-0.25, -0.2) is 0 Å². The fourth-order valence-corrected chi connectivity index (χ4v) is 2.64.